The van der Waals surface area contributed by atoms with E-state index >= 15 is 0 Å². The molecule has 8 heteroatoms. The van der Waals surface area contributed by atoms with Crippen LogP contribution in [0.4, 0.5) is 0 Å². The minimum Gasteiger partial charge on any atom is -0.454 e. The van der Waals surface area contributed by atoms with E-state index in [1.165, 1.54) is 22.2 Å². The maximum atomic E-state index is 12.5. The average molecular weight is 351 g/mol. The Balaban J connectivity index is 2.08. The SMILES string of the molecule is CCN(CC)C(=O)COC(=O)Cn1cnc2sc(C)c(C)c2c1=O. The number of esters is 1. The summed E-state index contributed by atoms with van der Waals surface area (Å²) in [6.07, 6.45) is 1.34. The van der Waals surface area contributed by atoms with Crippen molar-refractivity contribution in [3.8, 4) is 0 Å². The van der Waals surface area contributed by atoms with E-state index in [0.29, 0.717) is 23.3 Å². The van der Waals surface area contributed by atoms with E-state index in [1.54, 1.807) is 4.90 Å². The lowest BCUT2D eigenvalue weighted by Crippen LogP contribution is -2.35. The van der Waals surface area contributed by atoms with Crippen LogP contribution in [0.3, 0.4) is 0 Å². The summed E-state index contributed by atoms with van der Waals surface area (Å²) in [4.78, 5) is 43.7. The van der Waals surface area contributed by atoms with Gasteiger partial charge in [-0.2, -0.15) is 0 Å². The molecule has 2 heterocycles. The summed E-state index contributed by atoms with van der Waals surface area (Å²) in [5.74, 6) is -0.887. The van der Waals surface area contributed by atoms with Gasteiger partial charge >= 0.3 is 5.97 Å². The van der Waals surface area contributed by atoms with Gasteiger partial charge in [-0.3, -0.25) is 19.0 Å². The molecule has 7 nitrogen and oxygen atoms in total. The van der Waals surface area contributed by atoms with Gasteiger partial charge in [0.25, 0.3) is 11.5 Å². The van der Waals surface area contributed by atoms with Gasteiger partial charge in [-0.25, -0.2) is 4.98 Å². The Kier molecular flexibility index (Phi) is 5.71. The molecule has 2 aromatic heterocycles. The largest absolute Gasteiger partial charge is 0.454 e. The number of rotatable bonds is 6. The number of carbonyl (C=O) groups excluding carboxylic acids is 2. The second-order valence-electron chi connectivity index (χ2n) is 5.37. The number of carbonyl (C=O) groups is 2. The predicted octanol–water partition coefficient (Wildman–Crippen LogP) is 1.49. The fourth-order valence-corrected chi connectivity index (χ4v) is 3.36. The van der Waals surface area contributed by atoms with Gasteiger partial charge < -0.3 is 9.64 Å². The van der Waals surface area contributed by atoms with Crippen molar-refractivity contribution >= 4 is 33.4 Å². The lowest BCUT2D eigenvalue weighted by Gasteiger charge is -2.18. The van der Waals surface area contributed by atoms with Crippen molar-refractivity contribution in [1.82, 2.24) is 14.5 Å². The topological polar surface area (TPSA) is 81.5 Å². The molecule has 2 aromatic rings. The Hall–Kier alpha value is -2.22. The second kappa shape index (κ2) is 7.57. The Morgan fingerprint density at radius 1 is 1.29 bits per heavy atom. The Morgan fingerprint density at radius 3 is 2.58 bits per heavy atom. The van der Waals surface area contributed by atoms with Gasteiger partial charge in [0.15, 0.2) is 6.61 Å². The van der Waals surface area contributed by atoms with Gasteiger partial charge in [0.05, 0.1) is 11.7 Å². The molecule has 0 radical (unpaired) electrons. The molecule has 0 aliphatic heterocycles. The smallest absolute Gasteiger partial charge is 0.326 e. The first-order valence-corrected chi connectivity index (χ1v) is 8.59. The van der Waals surface area contributed by atoms with Crippen molar-refractivity contribution in [1.29, 1.82) is 0 Å². The van der Waals surface area contributed by atoms with Crippen LogP contribution in [0.5, 0.6) is 0 Å². The first kappa shape index (κ1) is 18.1. The number of likely N-dealkylation sites (N-methyl/N-ethyl adjacent to an activating group) is 1. The van der Waals surface area contributed by atoms with Crippen LogP contribution in [-0.4, -0.2) is 46.0 Å². The molecule has 0 aromatic carbocycles. The van der Waals surface area contributed by atoms with Crippen LogP contribution in [0, 0.1) is 13.8 Å². The molecule has 0 unspecified atom stereocenters. The maximum absolute atomic E-state index is 12.5. The average Bonchev–Trinajstić information content (AvgIpc) is 2.84. The molecule has 0 saturated carbocycles. The van der Waals surface area contributed by atoms with Crippen molar-refractivity contribution in [2.24, 2.45) is 0 Å². The Labute approximate surface area is 143 Å². The fraction of sp³-hybridized carbons (Fsp3) is 0.500. The predicted molar refractivity (Wildman–Crippen MR) is 92.2 cm³/mol. The summed E-state index contributed by atoms with van der Waals surface area (Å²) in [6.45, 7) is 8.04. The number of fused-ring (bicyclic) bond motifs is 1. The molecule has 130 valence electrons. The van der Waals surface area contributed by atoms with E-state index in [4.69, 9.17) is 4.74 Å². The lowest BCUT2D eigenvalue weighted by molar-refractivity contribution is -0.152. The zero-order valence-electron chi connectivity index (χ0n) is 14.3. The maximum Gasteiger partial charge on any atom is 0.326 e. The van der Waals surface area contributed by atoms with E-state index in [0.717, 1.165) is 10.4 Å². The summed E-state index contributed by atoms with van der Waals surface area (Å²) in [7, 11) is 0. The molecule has 0 fully saturated rings. The van der Waals surface area contributed by atoms with Crippen molar-refractivity contribution in [3.05, 3.63) is 27.1 Å². The Bertz CT molecular complexity index is 821. The molecule has 0 bridgehead atoms. The quantitative estimate of drug-likeness (QED) is 0.737. The molecular weight excluding hydrogens is 330 g/mol. The highest BCUT2D eigenvalue weighted by Gasteiger charge is 2.16. The van der Waals surface area contributed by atoms with E-state index in [9.17, 15) is 14.4 Å². The normalized spacial score (nSPS) is 10.8. The van der Waals surface area contributed by atoms with Crippen LogP contribution in [-0.2, 0) is 20.9 Å². The zero-order chi connectivity index (χ0) is 17.9. The molecule has 1 amide bonds. The van der Waals surface area contributed by atoms with Gasteiger partial charge in [0, 0.05) is 18.0 Å². The van der Waals surface area contributed by atoms with Crippen LogP contribution in [0.1, 0.15) is 24.3 Å². The van der Waals surface area contributed by atoms with Crippen LogP contribution in [0.2, 0.25) is 0 Å². The van der Waals surface area contributed by atoms with E-state index < -0.39 is 5.97 Å². The standard InChI is InChI=1S/C16H21N3O4S/c1-5-18(6-2)12(20)8-23-13(21)7-19-9-17-15-14(16(19)22)10(3)11(4)24-15/h9H,5-8H2,1-4H3. The number of hydrogen-bond acceptors (Lipinski definition) is 6. The third kappa shape index (κ3) is 3.64. The fourth-order valence-electron chi connectivity index (χ4n) is 2.38. The summed E-state index contributed by atoms with van der Waals surface area (Å²) in [5, 5.41) is 0.534. The number of ether oxygens (including phenoxy) is 1. The second-order valence-corrected chi connectivity index (χ2v) is 6.57. The number of aromatic nitrogens is 2. The molecular formula is C16H21N3O4S. The van der Waals surface area contributed by atoms with Gasteiger partial charge in [0.2, 0.25) is 0 Å². The lowest BCUT2D eigenvalue weighted by atomic mass is 10.2. The van der Waals surface area contributed by atoms with Crippen molar-refractivity contribution in [2.75, 3.05) is 19.7 Å². The van der Waals surface area contributed by atoms with Gasteiger partial charge in [-0.05, 0) is 33.3 Å². The van der Waals surface area contributed by atoms with Crippen LogP contribution in [0.25, 0.3) is 10.2 Å². The summed E-state index contributed by atoms with van der Waals surface area (Å²) in [5.41, 5.74) is 0.612. The highest BCUT2D eigenvalue weighted by molar-refractivity contribution is 7.18. The first-order chi connectivity index (χ1) is 11.4. The van der Waals surface area contributed by atoms with Gasteiger partial charge in [-0.1, -0.05) is 0 Å². The molecule has 0 aliphatic rings. The minimum absolute atomic E-state index is 0.251. The van der Waals surface area contributed by atoms with E-state index in [2.05, 4.69) is 4.98 Å². The summed E-state index contributed by atoms with van der Waals surface area (Å²) >= 11 is 1.45. The number of aryl methyl sites for hydroxylation is 2. The molecule has 0 spiro atoms. The molecule has 2 rings (SSSR count). The Morgan fingerprint density at radius 2 is 1.96 bits per heavy atom. The summed E-state index contributed by atoms with van der Waals surface area (Å²) in [6, 6.07) is 0. The van der Waals surface area contributed by atoms with Crippen LogP contribution in [0.15, 0.2) is 11.1 Å². The number of hydrogen-bond donors (Lipinski definition) is 0. The van der Waals surface area contributed by atoms with Crippen LogP contribution < -0.4 is 5.56 Å². The summed E-state index contributed by atoms with van der Waals surface area (Å²) < 4.78 is 6.19. The van der Waals surface area contributed by atoms with E-state index in [1.807, 2.05) is 27.7 Å². The number of nitrogens with zero attached hydrogens (tertiary/aromatic N) is 3. The van der Waals surface area contributed by atoms with Crippen LogP contribution >= 0.6 is 11.3 Å². The zero-order valence-corrected chi connectivity index (χ0v) is 15.1. The van der Waals surface area contributed by atoms with Crippen molar-refractivity contribution < 1.29 is 14.3 Å². The molecule has 0 N–H and O–H groups in total. The highest BCUT2D eigenvalue weighted by atomic mass is 32.1. The van der Waals surface area contributed by atoms with E-state index in [-0.39, 0.29) is 24.6 Å². The van der Waals surface area contributed by atoms with Gasteiger partial charge in [0.1, 0.15) is 11.4 Å². The molecule has 0 saturated heterocycles. The minimum atomic E-state index is -0.636. The number of amides is 1. The number of thiophene rings is 1. The third-order valence-electron chi connectivity index (χ3n) is 3.93. The van der Waals surface area contributed by atoms with Gasteiger partial charge in [-0.15, -0.1) is 11.3 Å². The molecule has 0 atom stereocenters. The monoisotopic (exact) mass is 351 g/mol. The van der Waals surface area contributed by atoms with Crippen molar-refractivity contribution in [3.63, 3.8) is 0 Å². The third-order valence-corrected chi connectivity index (χ3v) is 5.04. The van der Waals surface area contributed by atoms with Crippen molar-refractivity contribution in [2.45, 2.75) is 34.2 Å². The highest BCUT2D eigenvalue weighted by Crippen LogP contribution is 2.25. The first-order valence-electron chi connectivity index (χ1n) is 7.77. The molecule has 24 heavy (non-hydrogen) atoms. The molecule has 0 aliphatic carbocycles.